The Kier molecular flexibility index (Phi) is 7.16. The first-order valence-electron chi connectivity index (χ1n) is 10.2. The van der Waals surface area contributed by atoms with Gasteiger partial charge < -0.3 is 15.5 Å². The molecule has 2 aliphatic rings. The summed E-state index contributed by atoms with van der Waals surface area (Å²) in [6, 6.07) is 8.21. The first-order chi connectivity index (χ1) is 12.7. The summed E-state index contributed by atoms with van der Waals surface area (Å²) >= 11 is 0. The number of nitrogens with zero attached hydrogens (tertiary/aromatic N) is 2. The van der Waals surface area contributed by atoms with E-state index < -0.39 is 0 Å². The van der Waals surface area contributed by atoms with Gasteiger partial charge in [0.15, 0.2) is 0 Å². The van der Waals surface area contributed by atoms with E-state index in [4.69, 9.17) is 5.73 Å². The highest BCUT2D eigenvalue weighted by atomic mass is 35.5. The normalized spacial score (nSPS) is 25.4. The van der Waals surface area contributed by atoms with Gasteiger partial charge in [0, 0.05) is 37.8 Å². The molecule has 0 aliphatic carbocycles. The monoisotopic (exact) mass is 407 g/mol. The van der Waals surface area contributed by atoms with Crippen LogP contribution in [0.15, 0.2) is 24.3 Å². The zero-order chi connectivity index (χ0) is 19.8. The largest absolute Gasteiger partial charge is 0.342 e. The smallest absolute Gasteiger partial charge is 0.228 e. The molecule has 3 rings (SSSR count). The third-order valence-electron chi connectivity index (χ3n) is 6.47. The molecular weight excluding hydrogens is 374 g/mol. The first kappa shape index (κ1) is 22.7. The van der Waals surface area contributed by atoms with Crippen molar-refractivity contribution in [1.82, 2.24) is 4.90 Å². The second-order valence-corrected chi connectivity index (χ2v) is 8.92. The van der Waals surface area contributed by atoms with Crippen LogP contribution in [0, 0.1) is 11.3 Å². The van der Waals surface area contributed by atoms with E-state index in [2.05, 4.69) is 33.8 Å². The van der Waals surface area contributed by atoms with Crippen LogP contribution in [0.5, 0.6) is 0 Å². The number of likely N-dealkylation sites (tertiary alicyclic amines) is 1. The number of hydrogen-bond acceptors (Lipinski definition) is 3. The summed E-state index contributed by atoms with van der Waals surface area (Å²) in [5, 5.41) is 0. The van der Waals surface area contributed by atoms with E-state index in [0.717, 1.165) is 18.5 Å². The molecule has 0 spiro atoms. The Labute approximate surface area is 175 Å². The lowest BCUT2D eigenvalue weighted by Crippen LogP contribution is -2.55. The highest BCUT2D eigenvalue weighted by Crippen LogP contribution is 2.35. The lowest BCUT2D eigenvalue weighted by atomic mass is 9.79. The molecule has 0 aromatic heterocycles. The highest BCUT2D eigenvalue weighted by Gasteiger charge is 2.41. The Morgan fingerprint density at radius 2 is 2.00 bits per heavy atom. The Morgan fingerprint density at radius 3 is 2.64 bits per heavy atom. The van der Waals surface area contributed by atoms with Gasteiger partial charge in [-0.3, -0.25) is 9.59 Å². The molecule has 2 N–H and O–H groups in total. The second kappa shape index (κ2) is 8.83. The fraction of sp³-hybridized carbons (Fsp3) is 0.636. The van der Waals surface area contributed by atoms with Gasteiger partial charge >= 0.3 is 0 Å². The molecule has 3 atom stereocenters. The van der Waals surface area contributed by atoms with Gasteiger partial charge in [0.25, 0.3) is 0 Å². The molecule has 2 fully saturated rings. The van der Waals surface area contributed by atoms with E-state index in [1.54, 1.807) is 0 Å². The number of carbonyl (C=O) groups excluding carboxylic acids is 2. The minimum absolute atomic E-state index is 0. The molecule has 1 aromatic rings. The van der Waals surface area contributed by atoms with Crippen LogP contribution in [0.2, 0.25) is 0 Å². The van der Waals surface area contributed by atoms with Gasteiger partial charge in [-0.15, -0.1) is 12.4 Å². The van der Waals surface area contributed by atoms with E-state index in [9.17, 15) is 9.59 Å². The van der Waals surface area contributed by atoms with Crippen LogP contribution in [-0.2, 0) is 9.59 Å². The van der Waals surface area contributed by atoms with Crippen LogP contribution in [0.25, 0.3) is 0 Å². The predicted molar refractivity (Wildman–Crippen MR) is 116 cm³/mol. The molecule has 2 amide bonds. The summed E-state index contributed by atoms with van der Waals surface area (Å²) < 4.78 is 0. The molecule has 0 saturated carbocycles. The van der Waals surface area contributed by atoms with E-state index >= 15 is 0 Å². The standard InChI is InChI=1S/C22H33N3O2.ClH/c1-5-15(2)17-8-6-7-9-18(17)25-13-16(12-20(25)26)21(27)24-11-10-19(23)22(3,4)14-24;/h6-9,15-16,19H,5,10-14,23H2,1-4H3;1H. The molecule has 3 unspecified atom stereocenters. The molecule has 6 heteroatoms. The van der Waals surface area contributed by atoms with Crippen molar-refractivity contribution >= 4 is 29.9 Å². The van der Waals surface area contributed by atoms with Crippen LogP contribution in [0.4, 0.5) is 5.69 Å². The highest BCUT2D eigenvalue weighted by molar-refractivity contribution is 6.01. The molecule has 0 bridgehead atoms. The van der Waals surface area contributed by atoms with Crippen LogP contribution >= 0.6 is 12.4 Å². The van der Waals surface area contributed by atoms with Gasteiger partial charge in [-0.1, -0.05) is 45.9 Å². The summed E-state index contributed by atoms with van der Waals surface area (Å²) in [5.41, 5.74) is 8.27. The lowest BCUT2D eigenvalue weighted by molar-refractivity contribution is -0.139. The van der Waals surface area contributed by atoms with Gasteiger partial charge in [-0.2, -0.15) is 0 Å². The second-order valence-electron chi connectivity index (χ2n) is 8.92. The Hall–Kier alpha value is -1.59. The molecular formula is C22H34ClN3O2. The third-order valence-corrected chi connectivity index (χ3v) is 6.47. The topological polar surface area (TPSA) is 66.6 Å². The number of piperidine rings is 1. The zero-order valence-corrected chi connectivity index (χ0v) is 18.3. The molecule has 2 aliphatic heterocycles. The minimum Gasteiger partial charge on any atom is -0.342 e. The van der Waals surface area contributed by atoms with Crippen molar-refractivity contribution in [2.45, 2.75) is 58.9 Å². The van der Waals surface area contributed by atoms with Crippen molar-refractivity contribution in [3.63, 3.8) is 0 Å². The van der Waals surface area contributed by atoms with Gasteiger partial charge in [0.1, 0.15) is 0 Å². The Bertz CT molecular complexity index is 721. The van der Waals surface area contributed by atoms with E-state index in [0.29, 0.717) is 32.0 Å². The average Bonchev–Trinajstić information content (AvgIpc) is 3.04. The van der Waals surface area contributed by atoms with E-state index in [1.165, 1.54) is 5.56 Å². The Morgan fingerprint density at radius 1 is 1.32 bits per heavy atom. The SMILES string of the molecule is CCC(C)c1ccccc1N1CC(C(=O)N2CCC(N)C(C)(C)C2)CC1=O.Cl. The number of rotatable bonds is 4. The van der Waals surface area contributed by atoms with Gasteiger partial charge in [0.2, 0.25) is 11.8 Å². The molecule has 2 saturated heterocycles. The van der Waals surface area contributed by atoms with Crippen LogP contribution in [0.1, 0.15) is 58.4 Å². The number of carbonyl (C=O) groups is 2. The summed E-state index contributed by atoms with van der Waals surface area (Å²) in [5.74, 6) is 0.282. The maximum absolute atomic E-state index is 13.1. The maximum atomic E-state index is 13.1. The van der Waals surface area contributed by atoms with Crippen molar-refractivity contribution in [2.75, 3.05) is 24.5 Å². The van der Waals surface area contributed by atoms with Crippen molar-refractivity contribution < 1.29 is 9.59 Å². The fourth-order valence-corrected chi connectivity index (χ4v) is 4.30. The van der Waals surface area contributed by atoms with Crippen molar-refractivity contribution in [1.29, 1.82) is 0 Å². The average molecular weight is 408 g/mol. The summed E-state index contributed by atoms with van der Waals surface area (Å²) in [7, 11) is 0. The number of anilines is 1. The third kappa shape index (κ3) is 4.36. The number of amides is 2. The van der Waals surface area contributed by atoms with Crippen LogP contribution < -0.4 is 10.6 Å². The van der Waals surface area contributed by atoms with E-state index in [1.807, 2.05) is 28.0 Å². The first-order valence-corrected chi connectivity index (χ1v) is 10.2. The number of hydrogen-bond donors (Lipinski definition) is 1. The van der Waals surface area contributed by atoms with Crippen LogP contribution in [0.3, 0.4) is 0 Å². The Balaban J connectivity index is 0.00000280. The predicted octanol–water partition coefficient (Wildman–Crippen LogP) is 3.56. The molecule has 156 valence electrons. The number of halogens is 1. The van der Waals surface area contributed by atoms with Crippen molar-refractivity contribution in [3.8, 4) is 0 Å². The minimum atomic E-state index is -0.257. The maximum Gasteiger partial charge on any atom is 0.228 e. The summed E-state index contributed by atoms with van der Waals surface area (Å²) in [4.78, 5) is 29.6. The number of nitrogens with two attached hydrogens (primary N) is 1. The van der Waals surface area contributed by atoms with Gasteiger partial charge in [-0.05, 0) is 35.8 Å². The molecule has 1 aromatic carbocycles. The summed E-state index contributed by atoms with van der Waals surface area (Å²) in [6.45, 7) is 10.4. The molecule has 2 heterocycles. The van der Waals surface area contributed by atoms with Gasteiger partial charge in [0.05, 0.1) is 5.92 Å². The fourth-order valence-electron chi connectivity index (χ4n) is 4.30. The molecule has 28 heavy (non-hydrogen) atoms. The lowest BCUT2D eigenvalue weighted by Gasteiger charge is -2.43. The molecule has 5 nitrogen and oxygen atoms in total. The number of benzene rings is 1. The van der Waals surface area contributed by atoms with Gasteiger partial charge in [-0.25, -0.2) is 0 Å². The van der Waals surface area contributed by atoms with E-state index in [-0.39, 0.29) is 41.6 Å². The molecule has 0 radical (unpaired) electrons. The number of para-hydroxylation sites is 1. The van der Waals surface area contributed by atoms with Crippen molar-refractivity contribution in [2.24, 2.45) is 17.1 Å². The quantitative estimate of drug-likeness (QED) is 0.829. The zero-order valence-electron chi connectivity index (χ0n) is 17.5. The van der Waals surface area contributed by atoms with Crippen LogP contribution in [-0.4, -0.2) is 42.4 Å². The summed E-state index contributed by atoms with van der Waals surface area (Å²) in [6.07, 6.45) is 2.14. The van der Waals surface area contributed by atoms with Crippen molar-refractivity contribution in [3.05, 3.63) is 29.8 Å².